The maximum atomic E-state index is 10.8. The van der Waals surface area contributed by atoms with Crippen molar-refractivity contribution in [3.05, 3.63) is 0 Å². The second-order valence-corrected chi connectivity index (χ2v) is 3.71. The maximum absolute atomic E-state index is 10.8. The summed E-state index contributed by atoms with van der Waals surface area (Å²) < 4.78 is 0. The lowest BCUT2D eigenvalue weighted by molar-refractivity contribution is -0.122. The molecule has 1 aliphatic rings. The monoisotopic (exact) mass is 155 g/mol. The molecule has 0 spiro atoms. The Labute approximate surface area is 68.2 Å². The van der Waals surface area contributed by atoms with Crippen LogP contribution in [0.25, 0.3) is 0 Å². The van der Waals surface area contributed by atoms with Crippen molar-refractivity contribution in [2.24, 2.45) is 17.6 Å². The summed E-state index contributed by atoms with van der Waals surface area (Å²) in [7, 11) is 0. The van der Waals surface area contributed by atoms with Crippen LogP contribution in [-0.2, 0) is 4.79 Å². The summed E-state index contributed by atoms with van der Waals surface area (Å²) in [6.45, 7) is 2.25. The van der Waals surface area contributed by atoms with Crippen LogP contribution in [-0.4, -0.2) is 5.91 Å². The van der Waals surface area contributed by atoms with Gasteiger partial charge in [0.2, 0.25) is 5.91 Å². The Bertz CT molecular complexity index is 144. The molecule has 2 nitrogen and oxygen atoms in total. The minimum absolute atomic E-state index is 0.0981. The van der Waals surface area contributed by atoms with Gasteiger partial charge in [-0.3, -0.25) is 4.79 Å². The van der Waals surface area contributed by atoms with Gasteiger partial charge in [-0.25, -0.2) is 0 Å². The molecule has 1 rings (SSSR count). The van der Waals surface area contributed by atoms with Gasteiger partial charge in [-0.05, 0) is 25.2 Å². The van der Waals surface area contributed by atoms with Gasteiger partial charge < -0.3 is 5.73 Å². The van der Waals surface area contributed by atoms with Crippen LogP contribution < -0.4 is 5.73 Å². The quantitative estimate of drug-likeness (QED) is 0.575. The molecule has 0 radical (unpaired) electrons. The van der Waals surface area contributed by atoms with Crippen LogP contribution in [0.3, 0.4) is 0 Å². The van der Waals surface area contributed by atoms with Gasteiger partial charge in [-0.15, -0.1) is 0 Å². The number of carbonyl (C=O) groups is 1. The molecule has 2 unspecified atom stereocenters. The highest BCUT2D eigenvalue weighted by atomic mass is 16.1. The summed E-state index contributed by atoms with van der Waals surface area (Å²) in [5.41, 5.74) is 5.24. The Morgan fingerprint density at radius 3 is 2.64 bits per heavy atom. The van der Waals surface area contributed by atoms with Crippen LogP contribution >= 0.6 is 0 Å². The number of hydrogen-bond donors (Lipinski definition) is 1. The zero-order valence-corrected chi connectivity index (χ0v) is 7.18. The normalized spacial score (nSPS) is 32.8. The molecule has 0 aliphatic heterocycles. The number of rotatable bonds is 1. The number of nitrogens with two attached hydrogens (primary N) is 1. The summed E-state index contributed by atoms with van der Waals surface area (Å²) in [6.07, 6.45) is 5.64. The third kappa shape index (κ3) is 2.52. The highest BCUT2D eigenvalue weighted by Crippen LogP contribution is 2.26. The fourth-order valence-electron chi connectivity index (χ4n) is 1.77. The van der Waals surface area contributed by atoms with Crippen molar-refractivity contribution in [1.82, 2.24) is 0 Å². The molecule has 2 heteroatoms. The number of hydrogen-bond acceptors (Lipinski definition) is 1. The second-order valence-electron chi connectivity index (χ2n) is 3.71. The van der Waals surface area contributed by atoms with Crippen molar-refractivity contribution in [3.8, 4) is 0 Å². The van der Waals surface area contributed by atoms with Gasteiger partial charge in [-0.1, -0.05) is 19.8 Å². The van der Waals surface area contributed by atoms with E-state index in [4.69, 9.17) is 5.73 Å². The van der Waals surface area contributed by atoms with Crippen molar-refractivity contribution >= 4 is 5.91 Å². The second kappa shape index (κ2) is 3.74. The molecule has 0 aromatic heterocycles. The molecule has 0 aromatic carbocycles. The summed E-state index contributed by atoms with van der Waals surface area (Å²) in [4.78, 5) is 10.8. The standard InChI is InChI=1S/C9H17NO/c1-7-3-2-4-8(6-5-7)9(10)11/h7-8H,2-6H2,1H3,(H2,10,11). The fraction of sp³-hybridized carbons (Fsp3) is 0.889. The molecule has 0 aromatic rings. The lowest BCUT2D eigenvalue weighted by Gasteiger charge is -2.08. The molecule has 64 valence electrons. The topological polar surface area (TPSA) is 43.1 Å². The fourth-order valence-corrected chi connectivity index (χ4v) is 1.77. The molecular formula is C9H17NO. The van der Waals surface area contributed by atoms with E-state index < -0.39 is 0 Å². The Balaban J connectivity index is 2.40. The molecule has 0 saturated heterocycles. The maximum Gasteiger partial charge on any atom is 0.220 e. The molecule has 1 amide bonds. The van der Waals surface area contributed by atoms with Gasteiger partial charge in [0.1, 0.15) is 0 Å². The first-order chi connectivity index (χ1) is 5.20. The lowest BCUT2D eigenvalue weighted by Crippen LogP contribution is -2.22. The van der Waals surface area contributed by atoms with Crippen LogP contribution in [0.15, 0.2) is 0 Å². The van der Waals surface area contributed by atoms with Gasteiger partial charge in [0.15, 0.2) is 0 Å². The summed E-state index contributed by atoms with van der Waals surface area (Å²) in [6, 6.07) is 0. The molecule has 0 heterocycles. The van der Waals surface area contributed by atoms with E-state index in [2.05, 4.69) is 6.92 Å². The predicted octanol–water partition coefficient (Wildman–Crippen LogP) is 1.69. The Morgan fingerprint density at radius 1 is 1.27 bits per heavy atom. The highest BCUT2D eigenvalue weighted by Gasteiger charge is 2.19. The first-order valence-electron chi connectivity index (χ1n) is 4.49. The van der Waals surface area contributed by atoms with Gasteiger partial charge in [0, 0.05) is 5.92 Å². The van der Waals surface area contributed by atoms with E-state index >= 15 is 0 Å². The van der Waals surface area contributed by atoms with E-state index in [-0.39, 0.29) is 11.8 Å². The minimum atomic E-state index is -0.0981. The SMILES string of the molecule is CC1CCCC(C(N)=O)CC1. The zero-order chi connectivity index (χ0) is 8.27. The summed E-state index contributed by atoms with van der Waals surface area (Å²) in [5.74, 6) is 0.860. The number of primary amides is 1. The van der Waals surface area contributed by atoms with Crippen LogP contribution in [0.5, 0.6) is 0 Å². The molecule has 1 aliphatic carbocycles. The van der Waals surface area contributed by atoms with Gasteiger partial charge in [-0.2, -0.15) is 0 Å². The van der Waals surface area contributed by atoms with Crippen LogP contribution in [0, 0.1) is 11.8 Å². The molecule has 0 bridgehead atoms. The van der Waals surface area contributed by atoms with Crippen molar-refractivity contribution in [3.63, 3.8) is 0 Å². The molecule has 2 N–H and O–H groups in total. The molecular weight excluding hydrogens is 138 g/mol. The van der Waals surface area contributed by atoms with Crippen molar-refractivity contribution in [2.75, 3.05) is 0 Å². The smallest absolute Gasteiger partial charge is 0.220 e. The summed E-state index contributed by atoms with van der Waals surface area (Å²) in [5, 5.41) is 0. The molecule has 2 atom stereocenters. The van der Waals surface area contributed by atoms with E-state index in [9.17, 15) is 4.79 Å². The van der Waals surface area contributed by atoms with E-state index in [1.165, 1.54) is 19.3 Å². The van der Waals surface area contributed by atoms with E-state index in [0.717, 1.165) is 18.8 Å². The van der Waals surface area contributed by atoms with Gasteiger partial charge in [0.25, 0.3) is 0 Å². The number of amides is 1. The third-order valence-corrected chi connectivity index (χ3v) is 2.66. The predicted molar refractivity (Wildman–Crippen MR) is 44.9 cm³/mol. The molecule has 11 heavy (non-hydrogen) atoms. The van der Waals surface area contributed by atoms with E-state index in [0.29, 0.717) is 0 Å². The van der Waals surface area contributed by atoms with Crippen molar-refractivity contribution < 1.29 is 4.79 Å². The van der Waals surface area contributed by atoms with E-state index in [1.807, 2.05) is 0 Å². The number of carbonyl (C=O) groups excluding carboxylic acids is 1. The third-order valence-electron chi connectivity index (χ3n) is 2.66. The molecule has 1 fully saturated rings. The first-order valence-corrected chi connectivity index (χ1v) is 4.49. The average Bonchev–Trinajstić information content (AvgIpc) is 2.13. The van der Waals surface area contributed by atoms with Crippen molar-refractivity contribution in [1.29, 1.82) is 0 Å². The Morgan fingerprint density at radius 2 is 2.00 bits per heavy atom. The largest absolute Gasteiger partial charge is 0.369 e. The highest BCUT2D eigenvalue weighted by molar-refractivity contribution is 5.76. The Kier molecular flexibility index (Phi) is 2.92. The van der Waals surface area contributed by atoms with Crippen molar-refractivity contribution in [2.45, 2.75) is 39.0 Å². The van der Waals surface area contributed by atoms with Crippen LogP contribution in [0.2, 0.25) is 0 Å². The van der Waals surface area contributed by atoms with Gasteiger partial charge in [0.05, 0.1) is 0 Å². The Hall–Kier alpha value is -0.530. The minimum Gasteiger partial charge on any atom is -0.369 e. The lowest BCUT2D eigenvalue weighted by atomic mass is 9.99. The van der Waals surface area contributed by atoms with Crippen LogP contribution in [0.4, 0.5) is 0 Å². The molecule has 1 saturated carbocycles. The summed E-state index contributed by atoms with van der Waals surface area (Å²) >= 11 is 0. The van der Waals surface area contributed by atoms with E-state index in [1.54, 1.807) is 0 Å². The average molecular weight is 155 g/mol. The zero-order valence-electron chi connectivity index (χ0n) is 7.18. The first kappa shape index (κ1) is 8.57. The van der Waals surface area contributed by atoms with Gasteiger partial charge >= 0.3 is 0 Å². The van der Waals surface area contributed by atoms with Crippen LogP contribution in [0.1, 0.15) is 39.0 Å².